The Morgan fingerprint density at radius 1 is 1.31 bits per heavy atom. The summed E-state index contributed by atoms with van der Waals surface area (Å²) < 4.78 is 1.35. The molecule has 0 fully saturated rings. The normalized spacial score (nSPS) is 13.1. The van der Waals surface area contributed by atoms with E-state index < -0.39 is 0 Å². The number of benzene rings is 1. The van der Waals surface area contributed by atoms with Gasteiger partial charge in [0.1, 0.15) is 0 Å². The number of rotatable bonds is 5. The fourth-order valence-corrected chi connectivity index (χ4v) is 3.14. The highest BCUT2D eigenvalue weighted by Gasteiger charge is 2.10. The zero-order chi connectivity index (χ0) is 11.4. The summed E-state index contributed by atoms with van der Waals surface area (Å²) in [6.45, 7) is 2.48. The van der Waals surface area contributed by atoms with Crippen LogP contribution in [-0.2, 0) is 6.42 Å². The van der Waals surface area contributed by atoms with Crippen molar-refractivity contribution in [2.24, 2.45) is 5.92 Å². The highest BCUT2D eigenvalue weighted by atomic mass is 32.1. The molecular weight excluding hydrogens is 216 g/mol. The molecule has 1 unspecified atom stereocenters. The third-order valence-electron chi connectivity index (χ3n) is 3.02. The molecule has 0 amide bonds. The van der Waals surface area contributed by atoms with Crippen LogP contribution in [0.2, 0.25) is 0 Å². The minimum atomic E-state index is 0.304. The first-order valence-electron chi connectivity index (χ1n) is 5.91. The van der Waals surface area contributed by atoms with Gasteiger partial charge >= 0.3 is 0 Å². The van der Waals surface area contributed by atoms with Crippen molar-refractivity contribution in [1.29, 1.82) is 0 Å². The quantitative estimate of drug-likeness (QED) is 0.833. The molecule has 1 atom stereocenters. The fraction of sp³-hybridized carbons (Fsp3) is 0.429. The topological polar surface area (TPSA) is 20.2 Å². The molecule has 2 aromatic rings. The van der Waals surface area contributed by atoms with E-state index in [1.807, 2.05) is 0 Å². The summed E-state index contributed by atoms with van der Waals surface area (Å²) in [6.07, 6.45) is 3.27. The predicted molar refractivity (Wildman–Crippen MR) is 71.0 cm³/mol. The molecule has 1 nitrogen and oxygen atoms in total. The SMILES string of the molecule is CCCC(CO)Cc1csc2ccccc12. The molecule has 0 bridgehead atoms. The molecule has 0 aliphatic heterocycles. The van der Waals surface area contributed by atoms with E-state index >= 15 is 0 Å². The molecule has 0 spiro atoms. The maximum absolute atomic E-state index is 9.33. The maximum Gasteiger partial charge on any atom is 0.0462 e. The van der Waals surface area contributed by atoms with Crippen LogP contribution in [0.3, 0.4) is 0 Å². The molecule has 2 rings (SSSR count). The van der Waals surface area contributed by atoms with Gasteiger partial charge in [0.15, 0.2) is 0 Å². The highest BCUT2D eigenvalue weighted by Crippen LogP contribution is 2.28. The summed E-state index contributed by atoms with van der Waals surface area (Å²) in [5.41, 5.74) is 1.40. The van der Waals surface area contributed by atoms with Gasteiger partial charge < -0.3 is 5.11 Å². The smallest absolute Gasteiger partial charge is 0.0462 e. The van der Waals surface area contributed by atoms with E-state index in [0.717, 1.165) is 19.3 Å². The zero-order valence-electron chi connectivity index (χ0n) is 9.65. The number of aliphatic hydroxyl groups excluding tert-OH is 1. The molecule has 1 heterocycles. The second-order valence-electron chi connectivity index (χ2n) is 4.30. The van der Waals surface area contributed by atoms with Crippen LogP contribution in [0.1, 0.15) is 25.3 Å². The van der Waals surface area contributed by atoms with Crippen molar-refractivity contribution in [3.8, 4) is 0 Å². The second-order valence-corrected chi connectivity index (χ2v) is 5.21. The lowest BCUT2D eigenvalue weighted by Crippen LogP contribution is -2.08. The molecule has 1 aromatic heterocycles. The van der Waals surface area contributed by atoms with Gasteiger partial charge in [-0.15, -0.1) is 11.3 Å². The Hall–Kier alpha value is -0.860. The lowest BCUT2D eigenvalue weighted by molar-refractivity contribution is 0.217. The molecule has 1 aromatic carbocycles. The molecule has 1 N–H and O–H groups in total. The van der Waals surface area contributed by atoms with Crippen LogP contribution < -0.4 is 0 Å². The number of thiophene rings is 1. The Morgan fingerprint density at radius 2 is 2.12 bits per heavy atom. The van der Waals surface area contributed by atoms with E-state index in [4.69, 9.17) is 0 Å². The van der Waals surface area contributed by atoms with Gasteiger partial charge in [0, 0.05) is 11.3 Å². The first-order valence-corrected chi connectivity index (χ1v) is 6.79. The summed E-state index contributed by atoms with van der Waals surface area (Å²) in [4.78, 5) is 0. The van der Waals surface area contributed by atoms with E-state index in [1.165, 1.54) is 15.6 Å². The van der Waals surface area contributed by atoms with Gasteiger partial charge in [-0.1, -0.05) is 31.5 Å². The van der Waals surface area contributed by atoms with E-state index in [9.17, 15) is 5.11 Å². The lowest BCUT2D eigenvalue weighted by Gasteiger charge is -2.11. The molecule has 0 aliphatic carbocycles. The van der Waals surface area contributed by atoms with Crippen LogP contribution in [-0.4, -0.2) is 11.7 Å². The monoisotopic (exact) mass is 234 g/mol. The van der Waals surface area contributed by atoms with Gasteiger partial charge in [0.2, 0.25) is 0 Å². The molecule has 2 heteroatoms. The van der Waals surface area contributed by atoms with Crippen molar-refractivity contribution in [1.82, 2.24) is 0 Å². The average molecular weight is 234 g/mol. The minimum absolute atomic E-state index is 0.304. The highest BCUT2D eigenvalue weighted by molar-refractivity contribution is 7.17. The van der Waals surface area contributed by atoms with E-state index in [2.05, 4.69) is 36.6 Å². The van der Waals surface area contributed by atoms with Gasteiger partial charge in [0.25, 0.3) is 0 Å². The van der Waals surface area contributed by atoms with Crippen LogP contribution in [0.5, 0.6) is 0 Å². The van der Waals surface area contributed by atoms with Gasteiger partial charge in [-0.3, -0.25) is 0 Å². The third kappa shape index (κ3) is 2.45. The summed E-state index contributed by atoms with van der Waals surface area (Å²) in [5.74, 6) is 0.419. The Bertz CT molecular complexity index is 447. The largest absolute Gasteiger partial charge is 0.396 e. The number of fused-ring (bicyclic) bond motifs is 1. The molecule has 16 heavy (non-hydrogen) atoms. The van der Waals surface area contributed by atoms with Crippen LogP contribution >= 0.6 is 11.3 Å². The minimum Gasteiger partial charge on any atom is -0.396 e. The van der Waals surface area contributed by atoms with Crippen LogP contribution in [0, 0.1) is 5.92 Å². The predicted octanol–water partition coefficient (Wildman–Crippen LogP) is 3.85. The fourth-order valence-electron chi connectivity index (χ4n) is 2.17. The Kier molecular flexibility index (Phi) is 3.97. The lowest BCUT2D eigenvalue weighted by atomic mass is 9.96. The third-order valence-corrected chi connectivity index (χ3v) is 4.04. The van der Waals surface area contributed by atoms with Gasteiger partial charge in [0.05, 0.1) is 0 Å². The number of aliphatic hydroxyl groups is 1. The molecule has 0 radical (unpaired) electrons. The molecule has 86 valence electrons. The van der Waals surface area contributed by atoms with Crippen LogP contribution in [0.15, 0.2) is 29.6 Å². The number of hydrogen-bond acceptors (Lipinski definition) is 2. The second kappa shape index (κ2) is 5.46. The van der Waals surface area contributed by atoms with Crippen molar-refractivity contribution in [2.75, 3.05) is 6.61 Å². The summed E-state index contributed by atoms with van der Waals surface area (Å²) in [5, 5.41) is 12.9. The average Bonchev–Trinajstić information content (AvgIpc) is 2.72. The summed E-state index contributed by atoms with van der Waals surface area (Å²) in [7, 11) is 0. The van der Waals surface area contributed by atoms with Gasteiger partial charge in [-0.25, -0.2) is 0 Å². The first kappa shape index (κ1) is 11.6. The Morgan fingerprint density at radius 3 is 2.88 bits per heavy atom. The van der Waals surface area contributed by atoms with E-state index in [0.29, 0.717) is 12.5 Å². The van der Waals surface area contributed by atoms with Gasteiger partial charge in [-0.05, 0) is 41.2 Å². The van der Waals surface area contributed by atoms with Crippen molar-refractivity contribution in [3.63, 3.8) is 0 Å². The summed E-state index contributed by atoms with van der Waals surface area (Å²) in [6, 6.07) is 8.52. The van der Waals surface area contributed by atoms with Crippen molar-refractivity contribution >= 4 is 21.4 Å². The molecule has 0 saturated heterocycles. The Labute approximate surface area is 101 Å². The molecule has 0 saturated carbocycles. The molecular formula is C14H18OS. The maximum atomic E-state index is 9.33. The van der Waals surface area contributed by atoms with Crippen molar-refractivity contribution in [2.45, 2.75) is 26.2 Å². The van der Waals surface area contributed by atoms with E-state index in [-0.39, 0.29) is 0 Å². The van der Waals surface area contributed by atoms with Crippen LogP contribution in [0.4, 0.5) is 0 Å². The van der Waals surface area contributed by atoms with Gasteiger partial charge in [-0.2, -0.15) is 0 Å². The molecule has 0 aliphatic rings. The Balaban J connectivity index is 2.20. The zero-order valence-corrected chi connectivity index (χ0v) is 10.5. The van der Waals surface area contributed by atoms with E-state index in [1.54, 1.807) is 11.3 Å². The number of hydrogen-bond donors (Lipinski definition) is 1. The standard InChI is InChI=1S/C14H18OS/c1-2-5-11(9-15)8-12-10-16-14-7-4-3-6-13(12)14/h3-4,6-7,10-11,15H,2,5,8-9H2,1H3. The van der Waals surface area contributed by atoms with Crippen LogP contribution in [0.25, 0.3) is 10.1 Å². The summed E-state index contributed by atoms with van der Waals surface area (Å²) >= 11 is 1.80. The van der Waals surface area contributed by atoms with Crippen molar-refractivity contribution in [3.05, 3.63) is 35.2 Å². The first-order chi connectivity index (χ1) is 7.85. The van der Waals surface area contributed by atoms with Crippen molar-refractivity contribution < 1.29 is 5.11 Å².